The van der Waals surface area contributed by atoms with E-state index in [-0.39, 0.29) is 24.6 Å². The predicted molar refractivity (Wildman–Crippen MR) is 118 cm³/mol. The summed E-state index contributed by atoms with van der Waals surface area (Å²) in [4.78, 5) is 23.2. The number of benzene rings is 3. The number of rotatable bonds is 4. The van der Waals surface area contributed by atoms with Gasteiger partial charge in [0.15, 0.2) is 0 Å². The van der Waals surface area contributed by atoms with Crippen LogP contribution in [-0.2, 0) is 4.74 Å². The molecule has 6 nitrogen and oxygen atoms in total. The molecular weight excluding hydrogens is 392 g/mol. The molecule has 0 aliphatic heterocycles. The minimum absolute atomic E-state index is 0.0113. The molecule has 0 fully saturated rings. The number of carbonyl (C=O) groups is 2. The summed E-state index contributed by atoms with van der Waals surface area (Å²) >= 11 is 0. The molecule has 154 valence electrons. The normalized spacial score (nSPS) is 11.6. The second kappa shape index (κ2) is 8.64. The van der Waals surface area contributed by atoms with Crippen molar-refractivity contribution in [2.24, 2.45) is 0 Å². The molecule has 0 saturated carbocycles. The molecule has 0 heterocycles. The lowest BCUT2D eigenvalue weighted by Gasteiger charge is -2.14. The SMILES string of the molecule is Nc1ccc(C(=O)O)cc1C#CCNC(=O)OCC1c2ccccc2-c2ccccc21. The third-order valence-corrected chi connectivity index (χ3v) is 5.19. The topological polar surface area (TPSA) is 102 Å². The largest absolute Gasteiger partial charge is 0.478 e. The van der Waals surface area contributed by atoms with Gasteiger partial charge < -0.3 is 20.9 Å². The Morgan fingerprint density at radius 2 is 1.65 bits per heavy atom. The van der Waals surface area contributed by atoms with E-state index >= 15 is 0 Å². The Kier molecular flexibility index (Phi) is 5.59. The molecule has 0 radical (unpaired) electrons. The zero-order valence-electron chi connectivity index (χ0n) is 16.6. The summed E-state index contributed by atoms with van der Waals surface area (Å²) in [5.74, 6) is 4.48. The molecule has 4 rings (SSSR count). The molecule has 6 heteroatoms. The highest BCUT2D eigenvalue weighted by Gasteiger charge is 2.28. The highest BCUT2D eigenvalue weighted by atomic mass is 16.5. The fourth-order valence-electron chi connectivity index (χ4n) is 3.70. The number of amides is 1. The van der Waals surface area contributed by atoms with Gasteiger partial charge in [-0.05, 0) is 40.5 Å². The van der Waals surface area contributed by atoms with Crippen LogP contribution in [0.15, 0.2) is 66.7 Å². The van der Waals surface area contributed by atoms with E-state index in [0.717, 1.165) is 11.1 Å². The number of nitrogens with two attached hydrogens (primary N) is 1. The summed E-state index contributed by atoms with van der Waals surface area (Å²) < 4.78 is 5.45. The van der Waals surface area contributed by atoms with Crippen molar-refractivity contribution in [3.8, 4) is 23.0 Å². The summed E-state index contributed by atoms with van der Waals surface area (Å²) in [5.41, 5.74) is 11.3. The van der Waals surface area contributed by atoms with E-state index in [0.29, 0.717) is 11.3 Å². The first kappa shape index (κ1) is 20.0. The van der Waals surface area contributed by atoms with E-state index in [4.69, 9.17) is 15.6 Å². The van der Waals surface area contributed by atoms with Gasteiger partial charge >= 0.3 is 12.1 Å². The van der Waals surface area contributed by atoms with E-state index < -0.39 is 12.1 Å². The van der Waals surface area contributed by atoms with Crippen molar-refractivity contribution in [2.75, 3.05) is 18.9 Å². The average Bonchev–Trinajstić information content (AvgIpc) is 3.10. The van der Waals surface area contributed by atoms with Crippen LogP contribution in [0.2, 0.25) is 0 Å². The van der Waals surface area contributed by atoms with Crippen molar-refractivity contribution in [3.05, 3.63) is 89.0 Å². The van der Waals surface area contributed by atoms with Crippen molar-refractivity contribution in [2.45, 2.75) is 5.92 Å². The fraction of sp³-hybridized carbons (Fsp3) is 0.120. The first-order valence-electron chi connectivity index (χ1n) is 9.75. The standard InChI is InChI=1S/C25H20N2O4/c26-23-12-11-17(24(28)29)14-16(23)6-5-13-27-25(30)31-15-22-20-9-3-1-7-18(20)19-8-2-4-10-21(19)22/h1-4,7-12,14,22H,13,15,26H2,(H,27,30)(H,28,29). The maximum absolute atomic E-state index is 12.1. The van der Waals surface area contributed by atoms with Gasteiger partial charge in [0.25, 0.3) is 0 Å². The van der Waals surface area contributed by atoms with Crippen LogP contribution in [0.4, 0.5) is 10.5 Å². The minimum atomic E-state index is -1.06. The molecule has 1 amide bonds. The van der Waals surface area contributed by atoms with Crippen LogP contribution in [-0.4, -0.2) is 30.3 Å². The van der Waals surface area contributed by atoms with Gasteiger partial charge in [-0.25, -0.2) is 9.59 Å². The fourth-order valence-corrected chi connectivity index (χ4v) is 3.70. The molecule has 1 aliphatic rings. The van der Waals surface area contributed by atoms with Crippen molar-refractivity contribution in [3.63, 3.8) is 0 Å². The summed E-state index contributed by atoms with van der Waals surface area (Å²) in [7, 11) is 0. The second-order valence-corrected chi connectivity index (χ2v) is 7.09. The maximum atomic E-state index is 12.1. The monoisotopic (exact) mass is 412 g/mol. The van der Waals surface area contributed by atoms with Gasteiger partial charge in [0, 0.05) is 17.2 Å². The number of fused-ring (bicyclic) bond motifs is 3. The lowest BCUT2D eigenvalue weighted by molar-refractivity contribution is 0.0696. The Bertz CT molecular complexity index is 1180. The molecule has 0 unspecified atom stereocenters. The number of carboxylic acid groups (broad SMARTS) is 1. The number of nitrogens with one attached hydrogen (secondary N) is 1. The highest BCUT2D eigenvalue weighted by molar-refractivity contribution is 5.89. The van der Waals surface area contributed by atoms with E-state index in [9.17, 15) is 9.59 Å². The van der Waals surface area contributed by atoms with Crippen molar-refractivity contribution >= 4 is 17.7 Å². The van der Waals surface area contributed by atoms with Crippen LogP contribution in [0.1, 0.15) is 33.0 Å². The van der Waals surface area contributed by atoms with Crippen LogP contribution in [0.3, 0.4) is 0 Å². The summed E-state index contributed by atoms with van der Waals surface area (Å²) in [6.45, 7) is 0.272. The van der Waals surface area contributed by atoms with Gasteiger partial charge in [0.05, 0.1) is 12.1 Å². The number of hydrogen-bond donors (Lipinski definition) is 3. The van der Waals surface area contributed by atoms with E-state index in [1.54, 1.807) is 0 Å². The van der Waals surface area contributed by atoms with Crippen molar-refractivity contribution in [1.29, 1.82) is 0 Å². The van der Waals surface area contributed by atoms with Crippen LogP contribution in [0, 0.1) is 11.8 Å². The number of nitrogen functional groups attached to an aromatic ring is 1. The molecule has 4 N–H and O–H groups in total. The summed E-state index contributed by atoms with van der Waals surface area (Å²) in [5, 5.41) is 11.6. The first-order valence-corrected chi connectivity index (χ1v) is 9.75. The van der Waals surface area contributed by atoms with Gasteiger partial charge in [-0.1, -0.05) is 60.4 Å². The molecule has 3 aromatic carbocycles. The van der Waals surface area contributed by atoms with Gasteiger partial charge in [-0.3, -0.25) is 0 Å². The van der Waals surface area contributed by atoms with Crippen molar-refractivity contribution < 1.29 is 19.4 Å². The number of ether oxygens (including phenoxy) is 1. The summed E-state index contributed by atoms with van der Waals surface area (Å²) in [6.07, 6.45) is -0.566. The molecule has 31 heavy (non-hydrogen) atoms. The Hall–Kier alpha value is -4.24. The Morgan fingerprint density at radius 1 is 1.00 bits per heavy atom. The van der Waals surface area contributed by atoms with Gasteiger partial charge in [0.1, 0.15) is 6.61 Å². The molecule has 0 saturated heterocycles. The Morgan fingerprint density at radius 3 is 2.29 bits per heavy atom. The van der Waals surface area contributed by atoms with Crippen LogP contribution in [0.5, 0.6) is 0 Å². The van der Waals surface area contributed by atoms with Crippen molar-refractivity contribution in [1.82, 2.24) is 5.32 Å². The Balaban J connectivity index is 1.36. The molecule has 1 aliphatic carbocycles. The molecular formula is C25H20N2O4. The lowest BCUT2D eigenvalue weighted by Crippen LogP contribution is -2.26. The number of carboxylic acids is 1. The highest BCUT2D eigenvalue weighted by Crippen LogP contribution is 2.44. The third-order valence-electron chi connectivity index (χ3n) is 5.19. The van der Waals surface area contributed by atoms with Gasteiger partial charge in [-0.2, -0.15) is 0 Å². The molecule has 0 spiro atoms. The number of alkyl carbamates (subject to hydrolysis) is 1. The van der Waals surface area contributed by atoms with E-state index in [1.165, 1.54) is 29.3 Å². The van der Waals surface area contributed by atoms with Crippen LogP contribution in [0.25, 0.3) is 11.1 Å². The van der Waals surface area contributed by atoms with E-state index in [1.807, 2.05) is 24.3 Å². The smallest absolute Gasteiger partial charge is 0.407 e. The zero-order valence-corrected chi connectivity index (χ0v) is 16.6. The summed E-state index contributed by atoms with van der Waals surface area (Å²) in [6, 6.07) is 20.6. The average molecular weight is 412 g/mol. The second-order valence-electron chi connectivity index (χ2n) is 7.09. The molecule has 0 bridgehead atoms. The molecule has 0 aromatic heterocycles. The number of anilines is 1. The minimum Gasteiger partial charge on any atom is -0.478 e. The van der Waals surface area contributed by atoms with Gasteiger partial charge in [0.2, 0.25) is 0 Å². The van der Waals surface area contributed by atoms with E-state index in [2.05, 4.69) is 41.4 Å². The Labute approximate surface area is 179 Å². The lowest BCUT2D eigenvalue weighted by atomic mass is 9.98. The third kappa shape index (κ3) is 4.21. The quantitative estimate of drug-likeness (QED) is 0.446. The molecule has 3 aromatic rings. The zero-order chi connectivity index (χ0) is 21.8. The number of aromatic carboxylic acids is 1. The first-order chi connectivity index (χ1) is 15.0. The van der Waals surface area contributed by atoms with Gasteiger partial charge in [-0.15, -0.1) is 0 Å². The number of hydrogen-bond acceptors (Lipinski definition) is 4. The maximum Gasteiger partial charge on any atom is 0.407 e. The van der Waals surface area contributed by atoms with Crippen LogP contribution >= 0.6 is 0 Å². The molecule has 0 atom stereocenters. The predicted octanol–water partition coefficient (Wildman–Crippen LogP) is 3.86. The van der Waals surface area contributed by atoms with Crippen LogP contribution < -0.4 is 11.1 Å². The number of carbonyl (C=O) groups excluding carboxylic acids is 1.